The molecule has 21 heavy (non-hydrogen) atoms. The van der Waals surface area contributed by atoms with Crippen molar-refractivity contribution in [1.82, 2.24) is 10.6 Å². The van der Waals surface area contributed by atoms with Crippen molar-refractivity contribution in [3.63, 3.8) is 0 Å². The van der Waals surface area contributed by atoms with Gasteiger partial charge in [-0.2, -0.15) is 0 Å². The zero-order chi connectivity index (χ0) is 15.1. The van der Waals surface area contributed by atoms with E-state index in [0.29, 0.717) is 11.6 Å². The molecule has 1 heterocycles. The van der Waals surface area contributed by atoms with Crippen LogP contribution >= 0.6 is 0 Å². The molecule has 0 radical (unpaired) electrons. The summed E-state index contributed by atoms with van der Waals surface area (Å²) in [4.78, 5) is 12.2. The van der Waals surface area contributed by atoms with E-state index in [9.17, 15) is 4.79 Å². The summed E-state index contributed by atoms with van der Waals surface area (Å²) in [6.45, 7) is 5.99. The number of carbonyl (C=O) groups is 1. The van der Waals surface area contributed by atoms with E-state index in [1.54, 1.807) is 0 Å². The van der Waals surface area contributed by atoms with Crippen LogP contribution in [-0.2, 0) is 0 Å². The third-order valence-electron chi connectivity index (χ3n) is 3.84. The lowest BCUT2D eigenvalue weighted by Gasteiger charge is -2.28. The van der Waals surface area contributed by atoms with Gasteiger partial charge in [0.1, 0.15) is 5.75 Å². The molecule has 1 aromatic carbocycles. The van der Waals surface area contributed by atoms with E-state index in [4.69, 9.17) is 4.74 Å². The largest absolute Gasteiger partial charge is 0.494 e. The van der Waals surface area contributed by atoms with E-state index in [1.165, 1.54) is 0 Å². The monoisotopic (exact) mass is 290 g/mol. The Morgan fingerprint density at radius 2 is 2.14 bits per heavy atom. The standard InChI is InChI=1S/C17H26N2O2/c1-3-4-11-21-16-7-5-14(6-8-16)17(20)19-15-9-10-18-13(2)12-15/h5-8,13,15,18H,3-4,9-12H2,1-2H3,(H,19,20). The molecule has 0 bridgehead atoms. The van der Waals surface area contributed by atoms with Gasteiger partial charge in [0.15, 0.2) is 0 Å². The number of ether oxygens (including phenoxy) is 1. The Hall–Kier alpha value is -1.55. The first-order valence-corrected chi connectivity index (χ1v) is 7.96. The van der Waals surface area contributed by atoms with Gasteiger partial charge in [-0.05, 0) is 57.0 Å². The summed E-state index contributed by atoms with van der Waals surface area (Å²) in [5.41, 5.74) is 0.698. The molecular formula is C17H26N2O2. The Morgan fingerprint density at radius 3 is 2.81 bits per heavy atom. The lowest BCUT2D eigenvalue weighted by atomic mass is 10.0. The van der Waals surface area contributed by atoms with Crippen LogP contribution in [0.5, 0.6) is 5.75 Å². The highest BCUT2D eigenvalue weighted by Crippen LogP contribution is 2.14. The number of carbonyl (C=O) groups excluding carboxylic acids is 1. The van der Waals surface area contributed by atoms with Crippen LogP contribution in [0, 0.1) is 0 Å². The lowest BCUT2D eigenvalue weighted by molar-refractivity contribution is 0.0925. The minimum Gasteiger partial charge on any atom is -0.494 e. The Balaban J connectivity index is 1.84. The third kappa shape index (κ3) is 5.05. The molecule has 2 rings (SSSR count). The Labute approximate surface area is 127 Å². The predicted octanol–water partition coefficient (Wildman–Crippen LogP) is 2.74. The van der Waals surface area contributed by atoms with Crippen LogP contribution < -0.4 is 15.4 Å². The molecular weight excluding hydrogens is 264 g/mol. The van der Waals surface area contributed by atoms with E-state index < -0.39 is 0 Å². The zero-order valence-electron chi connectivity index (χ0n) is 13.0. The van der Waals surface area contributed by atoms with Gasteiger partial charge in [0.25, 0.3) is 5.91 Å². The molecule has 1 aliphatic heterocycles. The highest BCUT2D eigenvalue weighted by Gasteiger charge is 2.20. The molecule has 116 valence electrons. The first kappa shape index (κ1) is 15.8. The fourth-order valence-corrected chi connectivity index (χ4v) is 2.57. The molecule has 0 aromatic heterocycles. The van der Waals surface area contributed by atoms with E-state index in [2.05, 4.69) is 24.5 Å². The van der Waals surface area contributed by atoms with E-state index in [1.807, 2.05) is 24.3 Å². The van der Waals surface area contributed by atoms with Gasteiger partial charge < -0.3 is 15.4 Å². The fourth-order valence-electron chi connectivity index (χ4n) is 2.57. The fraction of sp³-hybridized carbons (Fsp3) is 0.588. The highest BCUT2D eigenvalue weighted by atomic mass is 16.5. The van der Waals surface area contributed by atoms with Gasteiger partial charge in [0, 0.05) is 17.6 Å². The van der Waals surface area contributed by atoms with Gasteiger partial charge in [-0.15, -0.1) is 0 Å². The zero-order valence-corrected chi connectivity index (χ0v) is 13.0. The Morgan fingerprint density at radius 1 is 1.38 bits per heavy atom. The van der Waals surface area contributed by atoms with E-state index in [-0.39, 0.29) is 11.9 Å². The maximum atomic E-state index is 12.2. The molecule has 1 saturated heterocycles. The van der Waals surface area contributed by atoms with Crippen molar-refractivity contribution in [3.8, 4) is 5.75 Å². The SMILES string of the molecule is CCCCOc1ccc(C(=O)NC2CCNC(C)C2)cc1. The maximum absolute atomic E-state index is 12.2. The summed E-state index contributed by atoms with van der Waals surface area (Å²) < 4.78 is 5.61. The average molecular weight is 290 g/mol. The molecule has 0 spiro atoms. The molecule has 1 aromatic rings. The lowest BCUT2D eigenvalue weighted by Crippen LogP contribution is -2.46. The number of rotatable bonds is 6. The minimum atomic E-state index is 0.00853. The predicted molar refractivity (Wildman–Crippen MR) is 84.8 cm³/mol. The summed E-state index contributed by atoms with van der Waals surface area (Å²) >= 11 is 0. The van der Waals surface area contributed by atoms with Crippen LogP contribution in [0.1, 0.15) is 49.9 Å². The number of piperidine rings is 1. The second kappa shape index (κ2) is 8.03. The van der Waals surface area contributed by atoms with Gasteiger partial charge in [-0.3, -0.25) is 4.79 Å². The Bertz CT molecular complexity index is 445. The molecule has 4 heteroatoms. The smallest absolute Gasteiger partial charge is 0.251 e. The first-order chi connectivity index (χ1) is 10.2. The molecule has 0 aliphatic carbocycles. The van der Waals surface area contributed by atoms with Crippen LogP contribution in [0.3, 0.4) is 0 Å². The normalized spacial score (nSPS) is 21.8. The van der Waals surface area contributed by atoms with Gasteiger partial charge in [0.2, 0.25) is 0 Å². The van der Waals surface area contributed by atoms with Crippen LogP contribution in [0.2, 0.25) is 0 Å². The summed E-state index contributed by atoms with van der Waals surface area (Å²) in [6.07, 6.45) is 4.16. The molecule has 2 unspecified atom stereocenters. The molecule has 1 fully saturated rings. The summed E-state index contributed by atoms with van der Waals surface area (Å²) in [7, 11) is 0. The summed E-state index contributed by atoms with van der Waals surface area (Å²) in [6, 6.07) is 8.15. The van der Waals surface area contributed by atoms with Crippen LogP contribution in [0.15, 0.2) is 24.3 Å². The van der Waals surface area contributed by atoms with Crippen molar-refractivity contribution in [1.29, 1.82) is 0 Å². The van der Waals surface area contributed by atoms with Gasteiger partial charge in [-0.1, -0.05) is 13.3 Å². The van der Waals surface area contributed by atoms with Crippen LogP contribution in [0.4, 0.5) is 0 Å². The van der Waals surface area contributed by atoms with Crippen molar-refractivity contribution in [2.45, 2.75) is 51.6 Å². The first-order valence-electron chi connectivity index (χ1n) is 7.96. The van der Waals surface area contributed by atoms with Crippen molar-refractivity contribution < 1.29 is 9.53 Å². The van der Waals surface area contributed by atoms with E-state index in [0.717, 1.165) is 44.6 Å². The molecule has 2 N–H and O–H groups in total. The summed E-state index contributed by atoms with van der Waals surface area (Å²) in [5.74, 6) is 0.838. The number of hydrogen-bond acceptors (Lipinski definition) is 3. The van der Waals surface area contributed by atoms with Gasteiger partial charge in [-0.25, -0.2) is 0 Å². The molecule has 1 amide bonds. The van der Waals surface area contributed by atoms with Crippen LogP contribution in [-0.4, -0.2) is 31.1 Å². The van der Waals surface area contributed by atoms with Crippen molar-refractivity contribution in [2.24, 2.45) is 0 Å². The molecule has 4 nitrogen and oxygen atoms in total. The van der Waals surface area contributed by atoms with Crippen molar-refractivity contribution in [2.75, 3.05) is 13.2 Å². The van der Waals surface area contributed by atoms with Crippen LogP contribution in [0.25, 0.3) is 0 Å². The topological polar surface area (TPSA) is 50.4 Å². The quantitative estimate of drug-likeness (QED) is 0.792. The van der Waals surface area contributed by atoms with Crippen molar-refractivity contribution >= 4 is 5.91 Å². The van der Waals surface area contributed by atoms with Crippen molar-refractivity contribution in [3.05, 3.63) is 29.8 Å². The van der Waals surface area contributed by atoms with Gasteiger partial charge in [0.05, 0.1) is 6.61 Å². The second-order valence-corrected chi connectivity index (χ2v) is 5.78. The number of nitrogens with one attached hydrogen (secondary N) is 2. The number of unbranched alkanes of at least 4 members (excludes halogenated alkanes) is 1. The minimum absolute atomic E-state index is 0.00853. The second-order valence-electron chi connectivity index (χ2n) is 5.78. The number of benzene rings is 1. The molecule has 2 atom stereocenters. The number of hydrogen-bond donors (Lipinski definition) is 2. The number of amides is 1. The maximum Gasteiger partial charge on any atom is 0.251 e. The van der Waals surface area contributed by atoms with Gasteiger partial charge >= 0.3 is 0 Å². The Kier molecular flexibility index (Phi) is 6.05. The molecule has 0 saturated carbocycles. The molecule has 1 aliphatic rings. The average Bonchev–Trinajstić information content (AvgIpc) is 2.48. The van der Waals surface area contributed by atoms with E-state index >= 15 is 0 Å². The highest BCUT2D eigenvalue weighted by molar-refractivity contribution is 5.94. The summed E-state index contributed by atoms with van der Waals surface area (Å²) in [5, 5.41) is 6.51. The third-order valence-corrected chi connectivity index (χ3v) is 3.84.